The second-order valence-electron chi connectivity index (χ2n) is 2.87. The van der Waals surface area contributed by atoms with Crippen molar-refractivity contribution in [3.8, 4) is 0 Å². The lowest BCUT2D eigenvalue weighted by Crippen LogP contribution is -1.91. The van der Waals surface area contributed by atoms with Gasteiger partial charge in [0.05, 0.1) is 6.10 Å². The first-order valence-electron chi connectivity index (χ1n) is 3.89. The molecule has 1 atom stereocenters. The van der Waals surface area contributed by atoms with Crippen molar-refractivity contribution in [3.63, 3.8) is 0 Å². The maximum Gasteiger partial charge on any atom is 0.181 e. The van der Waals surface area contributed by atoms with E-state index < -0.39 is 6.10 Å². The van der Waals surface area contributed by atoms with Crippen molar-refractivity contribution in [3.05, 3.63) is 28.6 Å². The van der Waals surface area contributed by atoms with E-state index in [2.05, 4.69) is 20.9 Å². The SMILES string of the molecule is C[C@@H](O)c1cc(Br)cc2ncoc12. The molecule has 13 heavy (non-hydrogen) atoms. The maximum absolute atomic E-state index is 9.46. The van der Waals surface area contributed by atoms with Crippen LogP contribution in [0.4, 0.5) is 0 Å². The summed E-state index contributed by atoms with van der Waals surface area (Å²) in [6, 6.07) is 3.68. The van der Waals surface area contributed by atoms with Crippen LogP contribution < -0.4 is 0 Å². The molecule has 0 aliphatic heterocycles. The average Bonchev–Trinajstić information content (AvgIpc) is 2.49. The Hall–Kier alpha value is -0.870. The summed E-state index contributed by atoms with van der Waals surface area (Å²) in [6.07, 6.45) is 0.830. The number of aromatic nitrogens is 1. The number of rotatable bonds is 1. The molecule has 2 rings (SSSR count). The molecule has 4 heteroatoms. The lowest BCUT2D eigenvalue weighted by molar-refractivity contribution is 0.199. The van der Waals surface area contributed by atoms with Gasteiger partial charge in [0.1, 0.15) is 5.52 Å². The molecule has 0 unspecified atom stereocenters. The van der Waals surface area contributed by atoms with E-state index in [4.69, 9.17) is 4.42 Å². The zero-order valence-electron chi connectivity index (χ0n) is 6.99. The van der Waals surface area contributed by atoms with Gasteiger partial charge in [-0.1, -0.05) is 15.9 Å². The van der Waals surface area contributed by atoms with Crippen LogP contribution in [0.5, 0.6) is 0 Å². The standard InChI is InChI=1S/C9H8BrNO2/c1-5(12)7-2-6(10)3-8-9(7)13-4-11-8/h2-5,12H,1H3/t5-/m1/s1. The molecule has 0 amide bonds. The molecule has 0 saturated carbocycles. The van der Waals surface area contributed by atoms with Gasteiger partial charge < -0.3 is 9.52 Å². The average molecular weight is 242 g/mol. The quantitative estimate of drug-likeness (QED) is 0.836. The highest BCUT2D eigenvalue weighted by atomic mass is 79.9. The largest absolute Gasteiger partial charge is 0.443 e. The first kappa shape index (κ1) is 8.72. The van der Waals surface area contributed by atoms with Crippen LogP contribution in [0.3, 0.4) is 0 Å². The minimum Gasteiger partial charge on any atom is -0.443 e. The Morgan fingerprint density at radius 1 is 1.54 bits per heavy atom. The molecule has 0 radical (unpaired) electrons. The van der Waals surface area contributed by atoms with Crippen LogP contribution in [0.25, 0.3) is 11.1 Å². The summed E-state index contributed by atoms with van der Waals surface area (Å²) in [5.74, 6) is 0. The molecule has 0 aliphatic carbocycles. The van der Waals surface area contributed by atoms with E-state index in [1.807, 2.05) is 12.1 Å². The Labute approximate surface area is 83.5 Å². The van der Waals surface area contributed by atoms with E-state index >= 15 is 0 Å². The van der Waals surface area contributed by atoms with Crippen molar-refractivity contribution in [1.82, 2.24) is 4.98 Å². The minimum atomic E-state index is -0.548. The third-order valence-corrected chi connectivity index (χ3v) is 2.33. The summed E-state index contributed by atoms with van der Waals surface area (Å²) in [5.41, 5.74) is 2.16. The summed E-state index contributed by atoms with van der Waals surface area (Å²) in [6.45, 7) is 1.70. The zero-order chi connectivity index (χ0) is 9.42. The number of aliphatic hydroxyl groups excluding tert-OH is 1. The van der Waals surface area contributed by atoms with Crippen LogP contribution in [0.1, 0.15) is 18.6 Å². The topological polar surface area (TPSA) is 46.3 Å². The molecule has 1 aromatic carbocycles. The van der Waals surface area contributed by atoms with E-state index in [9.17, 15) is 5.11 Å². The molecule has 0 fully saturated rings. The molecular weight excluding hydrogens is 234 g/mol. The van der Waals surface area contributed by atoms with Gasteiger partial charge in [-0.3, -0.25) is 0 Å². The predicted octanol–water partition coefficient (Wildman–Crippen LogP) is 2.64. The Morgan fingerprint density at radius 3 is 3.00 bits per heavy atom. The summed E-state index contributed by atoms with van der Waals surface area (Å²) >= 11 is 3.34. The summed E-state index contributed by atoms with van der Waals surface area (Å²) in [7, 11) is 0. The van der Waals surface area contributed by atoms with Crippen molar-refractivity contribution >= 4 is 27.0 Å². The highest BCUT2D eigenvalue weighted by Gasteiger charge is 2.11. The number of benzene rings is 1. The predicted molar refractivity (Wildman–Crippen MR) is 52.3 cm³/mol. The number of oxazole rings is 1. The number of halogens is 1. The van der Waals surface area contributed by atoms with Crippen molar-refractivity contribution in [2.75, 3.05) is 0 Å². The Bertz CT molecular complexity index is 436. The Balaban J connectivity index is 2.77. The highest BCUT2D eigenvalue weighted by Crippen LogP contribution is 2.27. The van der Waals surface area contributed by atoms with E-state index in [1.165, 1.54) is 6.39 Å². The van der Waals surface area contributed by atoms with Crippen LogP contribution in [-0.2, 0) is 0 Å². The van der Waals surface area contributed by atoms with Crippen LogP contribution in [0.15, 0.2) is 27.4 Å². The molecule has 0 bridgehead atoms. The van der Waals surface area contributed by atoms with Gasteiger partial charge in [0, 0.05) is 10.0 Å². The number of nitrogens with zero attached hydrogens (tertiary/aromatic N) is 1. The van der Waals surface area contributed by atoms with Gasteiger partial charge >= 0.3 is 0 Å². The third-order valence-electron chi connectivity index (χ3n) is 1.88. The van der Waals surface area contributed by atoms with Crippen molar-refractivity contribution in [2.24, 2.45) is 0 Å². The third kappa shape index (κ3) is 1.47. The van der Waals surface area contributed by atoms with E-state index in [0.717, 1.165) is 15.6 Å². The van der Waals surface area contributed by atoms with Gasteiger partial charge in [-0.25, -0.2) is 4.98 Å². The van der Waals surface area contributed by atoms with Crippen molar-refractivity contribution in [2.45, 2.75) is 13.0 Å². The maximum atomic E-state index is 9.46. The number of aliphatic hydroxyl groups is 1. The zero-order valence-corrected chi connectivity index (χ0v) is 8.58. The molecule has 1 N–H and O–H groups in total. The first-order valence-corrected chi connectivity index (χ1v) is 4.68. The fourth-order valence-corrected chi connectivity index (χ4v) is 1.73. The summed E-state index contributed by atoms with van der Waals surface area (Å²) in [4.78, 5) is 4.01. The van der Waals surface area contributed by atoms with Gasteiger partial charge in [-0.15, -0.1) is 0 Å². The van der Waals surface area contributed by atoms with Crippen molar-refractivity contribution in [1.29, 1.82) is 0 Å². The lowest BCUT2D eigenvalue weighted by atomic mass is 10.1. The van der Waals surface area contributed by atoms with Gasteiger partial charge in [-0.2, -0.15) is 0 Å². The van der Waals surface area contributed by atoms with Gasteiger partial charge in [-0.05, 0) is 19.1 Å². The summed E-state index contributed by atoms with van der Waals surface area (Å²) < 4.78 is 6.07. The second kappa shape index (κ2) is 3.12. The van der Waals surface area contributed by atoms with E-state index in [0.29, 0.717) is 5.58 Å². The van der Waals surface area contributed by atoms with E-state index in [-0.39, 0.29) is 0 Å². The first-order chi connectivity index (χ1) is 6.18. The monoisotopic (exact) mass is 241 g/mol. The van der Waals surface area contributed by atoms with Gasteiger partial charge in [0.25, 0.3) is 0 Å². The number of hydrogen-bond acceptors (Lipinski definition) is 3. The molecule has 0 aliphatic rings. The van der Waals surface area contributed by atoms with Crippen molar-refractivity contribution < 1.29 is 9.52 Å². The minimum absolute atomic E-state index is 0.548. The molecule has 1 heterocycles. The molecule has 68 valence electrons. The fraction of sp³-hybridized carbons (Fsp3) is 0.222. The molecule has 0 spiro atoms. The summed E-state index contributed by atoms with van der Waals surface area (Å²) in [5, 5.41) is 9.46. The molecule has 3 nitrogen and oxygen atoms in total. The fourth-order valence-electron chi connectivity index (χ4n) is 1.27. The van der Waals surface area contributed by atoms with Crippen LogP contribution in [0.2, 0.25) is 0 Å². The smallest absolute Gasteiger partial charge is 0.181 e. The van der Waals surface area contributed by atoms with Gasteiger partial charge in [0.15, 0.2) is 12.0 Å². The highest BCUT2D eigenvalue weighted by molar-refractivity contribution is 9.10. The second-order valence-corrected chi connectivity index (χ2v) is 3.79. The van der Waals surface area contributed by atoms with Crippen LogP contribution >= 0.6 is 15.9 Å². The normalized spacial score (nSPS) is 13.5. The Morgan fingerprint density at radius 2 is 2.31 bits per heavy atom. The molecular formula is C9H8BrNO2. The van der Waals surface area contributed by atoms with E-state index in [1.54, 1.807) is 6.92 Å². The lowest BCUT2D eigenvalue weighted by Gasteiger charge is -2.04. The van der Waals surface area contributed by atoms with Crippen LogP contribution in [0, 0.1) is 0 Å². The van der Waals surface area contributed by atoms with Gasteiger partial charge in [0.2, 0.25) is 0 Å². The van der Waals surface area contributed by atoms with Crippen LogP contribution in [-0.4, -0.2) is 10.1 Å². The number of hydrogen-bond donors (Lipinski definition) is 1. The Kier molecular flexibility index (Phi) is 2.09. The number of fused-ring (bicyclic) bond motifs is 1. The molecule has 0 saturated heterocycles. The molecule has 1 aromatic heterocycles. The molecule has 2 aromatic rings.